The lowest BCUT2D eigenvalue weighted by atomic mass is 9.99. The predicted molar refractivity (Wildman–Crippen MR) is 76.2 cm³/mol. The van der Waals surface area contributed by atoms with Gasteiger partial charge in [0.2, 0.25) is 0 Å². The fourth-order valence-electron chi connectivity index (χ4n) is 2.37. The van der Waals surface area contributed by atoms with Crippen molar-refractivity contribution in [3.8, 4) is 0 Å². The van der Waals surface area contributed by atoms with Gasteiger partial charge in [-0.15, -0.1) is 0 Å². The third-order valence-electron chi connectivity index (χ3n) is 3.89. The standard InChI is InChI=1S/C16H23NO2/c1-10(2)12-4-6-13(7-5-12)11(3)17-15(16(18)19)14-8-9-14/h4-7,10-11,14-15,17H,8-9H2,1-3H3,(H,18,19). The van der Waals surface area contributed by atoms with Crippen LogP contribution in [0.1, 0.15) is 56.7 Å². The number of nitrogens with one attached hydrogen (secondary N) is 1. The van der Waals surface area contributed by atoms with Crippen molar-refractivity contribution in [2.75, 3.05) is 0 Å². The maximum Gasteiger partial charge on any atom is 0.320 e. The molecule has 0 bridgehead atoms. The highest BCUT2D eigenvalue weighted by Crippen LogP contribution is 2.34. The Morgan fingerprint density at radius 1 is 1.16 bits per heavy atom. The van der Waals surface area contributed by atoms with Crippen molar-refractivity contribution >= 4 is 5.97 Å². The van der Waals surface area contributed by atoms with Crippen LogP contribution in [0.25, 0.3) is 0 Å². The Morgan fingerprint density at radius 3 is 2.11 bits per heavy atom. The quantitative estimate of drug-likeness (QED) is 0.826. The Morgan fingerprint density at radius 2 is 1.68 bits per heavy atom. The largest absolute Gasteiger partial charge is 0.480 e. The summed E-state index contributed by atoms with van der Waals surface area (Å²) < 4.78 is 0. The van der Waals surface area contributed by atoms with Crippen LogP contribution in [-0.4, -0.2) is 17.1 Å². The van der Waals surface area contributed by atoms with Crippen LogP contribution in [0.3, 0.4) is 0 Å². The van der Waals surface area contributed by atoms with E-state index in [9.17, 15) is 9.90 Å². The third-order valence-corrected chi connectivity index (χ3v) is 3.89. The van der Waals surface area contributed by atoms with Crippen molar-refractivity contribution in [1.82, 2.24) is 5.32 Å². The van der Waals surface area contributed by atoms with E-state index in [0.717, 1.165) is 18.4 Å². The smallest absolute Gasteiger partial charge is 0.320 e. The van der Waals surface area contributed by atoms with Gasteiger partial charge >= 0.3 is 5.97 Å². The lowest BCUT2D eigenvalue weighted by molar-refractivity contribution is -0.140. The summed E-state index contributed by atoms with van der Waals surface area (Å²) in [6.07, 6.45) is 2.06. The Labute approximate surface area is 115 Å². The first kappa shape index (κ1) is 14.1. The molecule has 2 N–H and O–H groups in total. The molecule has 3 nitrogen and oxygen atoms in total. The molecule has 3 heteroatoms. The van der Waals surface area contributed by atoms with E-state index >= 15 is 0 Å². The molecule has 1 aromatic rings. The van der Waals surface area contributed by atoms with E-state index in [-0.39, 0.29) is 6.04 Å². The SMILES string of the molecule is CC(C)c1ccc(C(C)NC(C(=O)O)C2CC2)cc1. The van der Waals surface area contributed by atoms with Crippen LogP contribution < -0.4 is 5.32 Å². The second kappa shape index (κ2) is 5.74. The maximum absolute atomic E-state index is 11.2. The molecule has 2 unspecified atom stereocenters. The van der Waals surface area contributed by atoms with Crippen LogP contribution in [0.2, 0.25) is 0 Å². The number of carboxylic acid groups (broad SMARTS) is 1. The van der Waals surface area contributed by atoms with Crippen LogP contribution >= 0.6 is 0 Å². The van der Waals surface area contributed by atoms with Gasteiger partial charge in [-0.25, -0.2) is 0 Å². The van der Waals surface area contributed by atoms with Crippen molar-refractivity contribution in [3.63, 3.8) is 0 Å². The van der Waals surface area contributed by atoms with Gasteiger partial charge < -0.3 is 5.11 Å². The first-order valence-electron chi connectivity index (χ1n) is 7.07. The monoisotopic (exact) mass is 261 g/mol. The van der Waals surface area contributed by atoms with E-state index in [1.165, 1.54) is 5.56 Å². The molecule has 0 saturated heterocycles. The van der Waals surface area contributed by atoms with Gasteiger partial charge in [-0.3, -0.25) is 10.1 Å². The second-order valence-corrected chi connectivity index (χ2v) is 5.86. The van der Waals surface area contributed by atoms with Crippen molar-refractivity contribution in [2.24, 2.45) is 5.92 Å². The summed E-state index contributed by atoms with van der Waals surface area (Å²) in [7, 11) is 0. The maximum atomic E-state index is 11.2. The Kier molecular flexibility index (Phi) is 4.25. The van der Waals surface area contributed by atoms with Crippen molar-refractivity contribution < 1.29 is 9.90 Å². The molecule has 1 fully saturated rings. The van der Waals surface area contributed by atoms with Crippen molar-refractivity contribution in [1.29, 1.82) is 0 Å². The normalized spacial score (nSPS) is 18.3. The molecule has 0 aromatic heterocycles. The zero-order chi connectivity index (χ0) is 14.0. The molecule has 0 amide bonds. The number of hydrogen-bond donors (Lipinski definition) is 2. The molecular formula is C16H23NO2. The number of rotatable bonds is 6. The van der Waals surface area contributed by atoms with Gasteiger partial charge in [0.05, 0.1) is 0 Å². The summed E-state index contributed by atoms with van der Waals surface area (Å²) in [5.41, 5.74) is 2.46. The second-order valence-electron chi connectivity index (χ2n) is 5.86. The van der Waals surface area contributed by atoms with Crippen LogP contribution in [-0.2, 0) is 4.79 Å². The van der Waals surface area contributed by atoms with E-state index in [4.69, 9.17) is 0 Å². The zero-order valence-electron chi connectivity index (χ0n) is 11.9. The molecule has 0 spiro atoms. The summed E-state index contributed by atoms with van der Waals surface area (Å²) in [5.74, 6) is 0.110. The van der Waals surface area contributed by atoms with Gasteiger partial charge in [-0.2, -0.15) is 0 Å². The van der Waals surface area contributed by atoms with Gasteiger partial charge in [0, 0.05) is 6.04 Å². The minimum atomic E-state index is -0.729. The minimum Gasteiger partial charge on any atom is -0.480 e. The number of aliphatic carboxylic acids is 1. The highest BCUT2D eigenvalue weighted by Gasteiger charge is 2.36. The highest BCUT2D eigenvalue weighted by molar-refractivity contribution is 5.74. The average Bonchev–Trinajstić information content (AvgIpc) is 3.19. The summed E-state index contributed by atoms with van der Waals surface area (Å²) in [5, 5.41) is 12.5. The first-order chi connectivity index (χ1) is 8.99. The molecule has 1 aromatic carbocycles. The first-order valence-corrected chi connectivity index (χ1v) is 7.07. The third kappa shape index (κ3) is 3.57. The van der Waals surface area contributed by atoms with E-state index < -0.39 is 12.0 Å². The van der Waals surface area contributed by atoms with Gasteiger partial charge in [-0.05, 0) is 42.7 Å². The summed E-state index contributed by atoms with van der Waals surface area (Å²) in [6, 6.07) is 8.12. The molecule has 0 aliphatic heterocycles. The topological polar surface area (TPSA) is 49.3 Å². The molecule has 0 radical (unpaired) electrons. The van der Waals surface area contributed by atoms with E-state index in [1.807, 2.05) is 6.92 Å². The van der Waals surface area contributed by atoms with E-state index in [0.29, 0.717) is 11.8 Å². The highest BCUT2D eigenvalue weighted by atomic mass is 16.4. The molecule has 104 valence electrons. The lowest BCUT2D eigenvalue weighted by Gasteiger charge is -2.20. The van der Waals surface area contributed by atoms with Crippen LogP contribution in [0.4, 0.5) is 0 Å². The number of carboxylic acids is 1. The Bertz CT molecular complexity index is 435. The summed E-state index contributed by atoms with van der Waals surface area (Å²) in [6.45, 7) is 6.37. The van der Waals surface area contributed by atoms with Crippen LogP contribution in [0.15, 0.2) is 24.3 Å². The average molecular weight is 261 g/mol. The van der Waals surface area contributed by atoms with E-state index in [1.54, 1.807) is 0 Å². The van der Waals surface area contributed by atoms with E-state index in [2.05, 4.69) is 43.4 Å². The number of benzene rings is 1. The van der Waals surface area contributed by atoms with Crippen molar-refractivity contribution in [2.45, 2.75) is 51.6 Å². The molecular weight excluding hydrogens is 238 g/mol. The fourth-order valence-corrected chi connectivity index (χ4v) is 2.37. The van der Waals surface area contributed by atoms with Crippen molar-refractivity contribution in [3.05, 3.63) is 35.4 Å². The zero-order valence-corrected chi connectivity index (χ0v) is 11.9. The van der Waals surface area contributed by atoms with Gasteiger partial charge in [-0.1, -0.05) is 38.1 Å². The van der Waals surface area contributed by atoms with Gasteiger partial charge in [0.1, 0.15) is 6.04 Å². The molecule has 2 rings (SSSR count). The Hall–Kier alpha value is -1.35. The number of carbonyl (C=O) groups is 1. The molecule has 2 atom stereocenters. The summed E-state index contributed by atoms with van der Waals surface area (Å²) >= 11 is 0. The molecule has 1 aliphatic rings. The molecule has 0 heterocycles. The van der Waals surface area contributed by atoms with Crippen LogP contribution in [0.5, 0.6) is 0 Å². The summed E-state index contributed by atoms with van der Waals surface area (Å²) in [4.78, 5) is 11.2. The van der Waals surface area contributed by atoms with Gasteiger partial charge in [0.25, 0.3) is 0 Å². The predicted octanol–water partition coefficient (Wildman–Crippen LogP) is 3.32. The number of hydrogen-bond acceptors (Lipinski definition) is 2. The van der Waals surface area contributed by atoms with Crippen LogP contribution in [0, 0.1) is 5.92 Å². The minimum absolute atomic E-state index is 0.0721. The Balaban J connectivity index is 2.02. The van der Waals surface area contributed by atoms with Gasteiger partial charge in [0.15, 0.2) is 0 Å². The lowest BCUT2D eigenvalue weighted by Crippen LogP contribution is -2.40. The molecule has 1 aliphatic carbocycles. The molecule has 19 heavy (non-hydrogen) atoms. The fraction of sp³-hybridized carbons (Fsp3) is 0.562. The molecule has 1 saturated carbocycles.